The first-order valence-electron chi connectivity index (χ1n) is 6.29. The van der Waals surface area contributed by atoms with Gasteiger partial charge in [0.15, 0.2) is 0 Å². The van der Waals surface area contributed by atoms with E-state index in [0.29, 0.717) is 0 Å². The van der Waals surface area contributed by atoms with Crippen molar-refractivity contribution < 1.29 is 23.3 Å². The Morgan fingerprint density at radius 2 is 1.70 bits per heavy atom. The van der Waals surface area contributed by atoms with Crippen LogP contribution >= 0.6 is 0 Å². The molecule has 0 radical (unpaired) electrons. The molecular formula is C18H11LiO. The van der Waals surface area contributed by atoms with Gasteiger partial charge in [0.25, 0.3) is 0 Å². The molecule has 0 N–H and O–H groups in total. The Morgan fingerprint density at radius 1 is 0.850 bits per heavy atom. The zero-order chi connectivity index (χ0) is 12.7. The molecular weight excluding hydrogens is 239 g/mol. The Bertz CT molecular complexity index is 862. The standard InChI is InChI=1S/C18H11O.Li/c1-2-6-13(7-3-1)16-12-19-17-11-10-14-8-4-5-9-15(14)18(16)17;/h1-6,8-12H;/q-1;+1. The average Bonchev–Trinajstić information content (AvgIpc) is 2.92. The zero-order valence-corrected chi connectivity index (χ0v) is 11.3. The topological polar surface area (TPSA) is 13.1 Å². The van der Waals surface area contributed by atoms with Crippen molar-refractivity contribution in [2.75, 3.05) is 0 Å². The monoisotopic (exact) mass is 250 g/mol. The maximum absolute atomic E-state index is 5.69. The normalized spacial score (nSPS) is 10.6. The van der Waals surface area contributed by atoms with Crippen LogP contribution in [-0.4, -0.2) is 0 Å². The molecule has 0 fully saturated rings. The fourth-order valence-corrected chi connectivity index (χ4v) is 2.57. The van der Waals surface area contributed by atoms with Gasteiger partial charge in [0, 0.05) is 0 Å². The molecule has 0 saturated heterocycles. The van der Waals surface area contributed by atoms with Crippen molar-refractivity contribution >= 4 is 21.7 Å². The third-order valence-corrected chi connectivity index (χ3v) is 3.46. The molecule has 4 rings (SSSR count). The number of hydrogen-bond acceptors (Lipinski definition) is 1. The summed E-state index contributed by atoms with van der Waals surface area (Å²) in [4.78, 5) is 0. The van der Waals surface area contributed by atoms with Gasteiger partial charge < -0.3 is 4.42 Å². The van der Waals surface area contributed by atoms with Gasteiger partial charge in [0.05, 0.1) is 6.26 Å². The second-order valence-corrected chi connectivity index (χ2v) is 4.59. The van der Waals surface area contributed by atoms with E-state index in [-0.39, 0.29) is 18.9 Å². The number of furan rings is 1. The van der Waals surface area contributed by atoms with Crippen LogP contribution in [0.25, 0.3) is 32.9 Å². The summed E-state index contributed by atoms with van der Waals surface area (Å²) in [7, 11) is 0. The second kappa shape index (κ2) is 5.21. The van der Waals surface area contributed by atoms with Gasteiger partial charge in [-0.15, -0.1) is 35.9 Å². The van der Waals surface area contributed by atoms with E-state index in [1.165, 1.54) is 16.2 Å². The summed E-state index contributed by atoms with van der Waals surface area (Å²) < 4.78 is 5.69. The molecule has 0 bridgehead atoms. The Morgan fingerprint density at radius 3 is 2.55 bits per heavy atom. The van der Waals surface area contributed by atoms with Crippen LogP contribution in [0, 0.1) is 6.07 Å². The summed E-state index contributed by atoms with van der Waals surface area (Å²) >= 11 is 0. The molecule has 0 atom stereocenters. The fourth-order valence-electron chi connectivity index (χ4n) is 2.57. The van der Waals surface area contributed by atoms with Crippen LogP contribution in [-0.2, 0) is 0 Å². The maximum atomic E-state index is 5.69. The van der Waals surface area contributed by atoms with E-state index >= 15 is 0 Å². The predicted octanol–water partition coefficient (Wildman–Crippen LogP) is 2.06. The Kier molecular flexibility index (Phi) is 3.40. The van der Waals surface area contributed by atoms with Gasteiger partial charge >= 0.3 is 18.9 Å². The first kappa shape index (κ1) is 13.1. The van der Waals surface area contributed by atoms with Crippen LogP contribution in [0.5, 0.6) is 0 Å². The number of rotatable bonds is 1. The quantitative estimate of drug-likeness (QED) is 0.372. The van der Waals surface area contributed by atoms with E-state index in [4.69, 9.17) is 4.42 Å². The van der Waals surface area contributed by atoms with Gasteiger partial charge in [-0.3, -0.25) is 0 Å². The largest absolute Gasteiger partial charge is 1.00 e. The molecule has 0 spiro atoms. The summed E-state index contributed by atoms with van der Waals surface area (Å²) in [6, 6.07) is 23.8. The minimum Gasteiger partial charge on any atom is -0.474 e. The maximum Gasteiger partial charge on any atom is 1.00 e. The molecule has 4 aromatic rings. The molecule has 0 aliphatic heterocycles. The van der Waals surface area contributed by atoms with Gasteiger partial charge in [0.2, 0.25) is 0 Å². The van der Waals surface area contributed by atoms with Gasteiger partial charge in [-0.05, 0) is 22.2 Å². The van der Waals surface area contributed by atoms with E-state index in [9.17, 15) is 0 Å². The predicted molar refractivity (Wildman–Crippen MR) is 78.0 cm³/mol. The van der Waals surface area contributed by atoms with Crippen molar-refractivity contribution in [2.45, 2.75) is 0 Å². The van der Waals surface area contributed by atoms with Gasteiger partial charge in [-0.1, -0.05) is 35.9 Å². The molecule has 1 aromatic heterocycles. The third kappa shape index (κ3) is 1.96. The van der Waals surface area contributed by atoms with Crippen molar-refractivity contribution in [2.24, 2.45) is 0 Å². The molecule has 1 heterocycles. The van der Waals surface area contributed by atoms with Crippen molar-refractivity contribution in [1.29, 1.82) is 0 Å². The SMILES string of the molecule is [Li+].[c-]1ccccc1-c1coc2ccc3ccccc3c12. The smallest absolute Gasteiger partial charge is 0.474 e. The fraction of sp³-hybridized carbons (Fsp3) is 0. The van der Waals surface area contributed by atoms with E-state index in [2.05, 4.69) is 42.5 Å². The van der Waals surface area contributed by atoms with Gasteiger partial charge in [0.1, 0.15) is 5.58 Å². The van der Waals surface area contributed by atoms with Crippen molar-refractivity contribution in [3.8, 4) is 11.1 Å². The number of hydrogen-bond donors (Lipinski definition) is 0. The van der Waals surface area contributed by atoms with Crippen LogP contribution in [0.2, 0.25) is 0 Å². The molecule has 90 valence electrons. The molecule has 0 amide bonds. The van der Waals surface area contributed by atoms with Crippen LogP contribution in [0.3, 0.4) is 0 Å². The average molecular weight is 250 g/mol. The third-order valence-electron chi connectivity index (χ3n) is 3.46. The minimum absolute atomic E-state index is 0. The summed E-state index contributed by atoms with van der Waals surface area (Å²) in [5, 5.41) is 3.62. The Balaban J connectivity index is 0.00000121. The van der Waals surface area contributed by atoms with E-state index in [1.54, 1.807) is 0 Å². The summed E-state index contributed by atoms with van der Waals surface area (Å²) in [5.74, 6) is 0. The molecule has 2 heteroatoms. The molecule has 0 aliphatic carbocycles. The van der Waals surface area contributed by atoms with E-state index in [0.717, 1.165) is 16.7 Å². The Labute approximate surface area is 129 Å². The summed E-state index contributed by atoms with van der Waals surface area (Å²) in [6.45, 7) is 0. The summed E-state index contributed by atoms with van der Waals surface area (Å²) in [5.41, 5.74) is 3.09. The van der Waals surface area contributed by atoms with Gasteiger partial charge in [-0.2, -0.15) is 0 Å². The minimum atomic E-state index is 0. The molecule has 0 saturated carbocycles. The van der Waals surface area contributed by atoms with E-state index in [1.807, 2.05) is 30.5 Å². The molecule has 0 aliphatic rings. The summed E-state index contributed by atoms with van der Waals surface area (Å²) in [6.07, 6.45) is 1.82. The van der Waals surface area contributed by atoms with Crippen LogP contribution in [0.15, 0.2) is 71.3 Å². The van der Waals surface area contributed by atoms with E-state index < -0.39 is 0 Å². The van der Waals surface area contributed by atoms with Crippen molar-refractivity contribution in [3.05, 3.63) is 73.0 Å². The Hall–Kier alpha value is -1.94. The number of benzene rings is 3. The first-order valence-corrected chi connectivity index (χ1v) is 6.29. The van der Waals surface area contributed by atoms with Crippen LogP contribution in [0.4, 0.5) is 0 Å². The molecule has 1 nitrogen and oxygen atoms in total. The molecule has 3 aromatic carbocycles. The van der Waals surface area contributed by atoms with Crippen molar-refractivity contribution in [3.63, 3.8) is 0 Å². The van der Waals surface area contributed by atoms with Crippen LogP contribution in [0.1, 0.15) is 0 Å². The van der Waals surface area contributed by atoms with Crippen molar-refractivity contribution in [1.82, 2.24) is 0 Å². The van der Waals surface area contributed by atoms with Crippen LogP contribution < -0.4 is 18.9 Å². The zero-order valence-electron chi connectivity index (χ0n) is 11.3. The molecule has 0 unspecified atom stereocenters. The van der Waals surface area contributed by atoms with Gasteiger partial charge in [-0.25, -0.2) is 0 Å². The first-order chi connectivity index (χ1) is 9.43. The second-order valence-electron chi connectivity index (χ2n) is 4.59. The molecule has 20 heavy (non-hydrogen) atoms. The number of fused-ring (bicyclic) bond motifs is 3.